The van der Waals surface area contributed by atoms with Crippen LogP contribution in [0.3, 0.4) is 0 Å². The number of hydrogen-bond donors (Lipinski definition) is 2. The lowest BCUT2D eigenvalue weighted by Crippen LogP contribution is -2.19. The number of halogens is 2. The summed E-state index contributed by atoms with van der Waals surface area (Å²) in [5.74, 6) is -0.0950. The highest BCUT2D eigenvalue weighted by Gasteiger charge is 2.23. The van der Waals surface area contributed by atoms with E-state index in [2.05, 4.69) is 31.9 Å². The summed E-state index contributed by atoms with van der Waals surface area (Å²) in [6.45, 7) is 2.43. The van der Waals surface area contributed by atoms with Gasteiger partial charge < -0.3 is 10.8 Å². The summed E-state index contributed by atoms with van der Waals surface area (Å²) in [7, 11) is 0. The molecule has 1 heterocycles. The Morgan fingerprint density at radius 2 is 2.05 bits per heavy atom. The fraction of sp³-hybridized carbons (Fsp3) is 0.286. The molecule has 0 aliphatic rings. The fourth-order valence-corrected chi connectivity index (χ4v) is 4.05. The van der Waals surface area contributed by atoms with Crippen LogP contribution in [0.5, 0.6) is 0 Å². The zero-order valence-corrected chi connectivity index (χ0v) is 14.4. The third-order valence-electron chi connectivity index (χ3n) is 3.08. The molecule has 102 valence electrons. The molecule has 0 aliphatic heterocycles. The first-order valence-electron chi connectivity index (χ1n) is 5.92. The summed E-state index contributed by atoms with van der Waals surface area (Å²) in [5.41, 5.74) is 8.05. The zero-order valence-electron chi connectivity index (χ0n) is 10.4. The molecule has 2 unspecified atom stereocenters. The number of rotatable bonds is 4. The van der Waals surface area contributed by atoms with E-state index in [1.165, 1.54) is 0 Å². The Bertz CT molecular complexity index is 551. The molecule has 0 bridgehead atoms. The van der Waals surface area contributed by atoms with Gasteiger partial charge in [-0.3, -0.25) is 0 Å². The Morgan fingerprint density at radius 3 is 2.58 bits per heavy atom. The molecule has 0 fully saturated rings. The van der Waals surface area contributed by atoms with E-state index in [0.29, 0.717) is 6.54 Å². The van der Waals surface area contributed by atoms with Crippen molar-refractivity contribution in [2.45, 2.75) is 18.9 Å². The molecule has 19 heavy (non-hydrogen) atoms. The van der Waals surface area contributed by atoms with Gasteiger partial charge in [0.15, 0.2) is 0 Å². The Balaban J connectivity index is 2.31. The summed E-state index contributed by atoms with van der Waals surface area (Å²) in [4.78, 5) is 0.944. The van der Waals surface area contributed by atoms with Gasteiger partial charge in [-0.15, -0.1) is 11.3 Å². The van der Waals surface area contributed by atoms with Crippen LogP contribution >= 0.6 is 43.2 Å². The quantitative estimate of drug-likeness (QED) is 0.795. The van der Waals surface area contributed by atoms with Gasteiger partial charge in [-0.25, -0.2) is 0 Å². The average molecular weight is 405 g/mol. The molecule has 0 saturated carbocycles. The zero-order chi connectivity index (χ0) is 14.0. The predicted molar refractivity (Wildman–Crippen MR) is 87.7 cm³/mol. The molecule has 2 atom stereocenters. The van der Waals surface area contributed by atoms with E-state index < -0.39 is 6.10 Å². The van der Waals surface area contributed by atoms with Crippen molar-refractivity contribution in [1.82, 2.24) is 0 Å². The van der Waals surface area contributed by atoms with E-state index in [9.17, 15) is 5.11 Å². The van der Waals surface area contributed by atoms with Crippen LogP contribution in [0.2, 0.25) is 0 Å². The minimum atomic E-state index is -0.575. The summed E-state index contributed by atoms with van der Waals surface area (Å²) >= 11 is 8.51. The topological polar surface area (TPSA) is 46.2 Å². The van der Waals surface area contributed by atoms with Gasteiger partial charge in [-0.1, -0.05) is 28.1 Å². The molecule has 1 aromatic carbocycles. The van der Waals surface area contributed by atoms with Gasteiger partial charge in [0, 0.05) is 21.8 Å². The maximum atomic E-state index is 10.6. The number of aliphatic hydroxyl groups excluding tert-OH is 1. The highest BCUT2D eigenvalue weighted by Crippen LogP contribution is 2.38. The summed E-state index contributed by atoms with van der Waals surface area (Å²) < 4.78 is 2.06. The van der Waals surface area contributed by atoms with Crippen molar-refractivity contribution in [2.75, 3.05) is 6.54 Å². The molecule has 0 radical (unpaired) electrons. The van der Waals surface area contributed by atoms with Crippen molar-refractivity contribution in [3.63, 3.8) is 0 Å². The monoisotopic (exact) mass is 403 g/mol. The molecule has 5 heteroatoms. The lowest BCUT2D eigenvalue weighted by molar-refractivity contribution is 0.151. The molecule has 0 spiro atoms. The second-order valence-electron chi connectivity index (χ2n) is 4.45. The molecule has 0 amide bonds. The number of aryl methyl sites for hydroxylation is 1. The highest BCUT2D eigenvalue weighted by molar-refractivity contribution is 9.11. The number of aliphatic hydroxyl groups is 1. The average Bonchev–Trinajstić information content (AvgIpc) is 2.70. The van der Waals surface area contributed by atoms with Crippen molar-refractivity contribution < 1.29 is 5.11 Å². The van der Waals surface area contributed by atoms with E-state index in [0.717, 1.165) is 24.3 Å². The van der Waals surface area contributed by atoms with Crippen LogP contribution in [0.1, 0.15) is 28.0 Å². The first-order valence-corrected chi connectivity index (χ1v) is 8.32. The largest absolute Gasteiger partial charge is 0.387 e. The maximum absolute atomic E-state index is 10.6. The van der Waals surface area contributed by atoms with Gasteiger partial charge in [0.25, 0.3) is 0 Å². The number of nitrogens with two attached hydrogens (primary N) is 1. The Labute approximate surface area is 133 Å². The van der Waals surface area contributed by atoms with Gasteiger partial charge in [0.05, 0.1) is 9.89 Å². The van der Waals surface area contributed by atoms with E-state index >= 15 is 0 Å². The fourth-order valence-electron chi connectivity index (χ4n) is 2.01. The van der Waals surface area contributed by atoms with Crippen molar-refractivity contribution in [3.8, 4) is 0 Å². The van der Waals surface area contributed by atoms with Crippen molar-refractivity contribution in [2.24, 2.45) is 5.73 Å². The lowest BCUT2D eigenvalue weighted by Gasteiger charge is -2.21. The molecule has 3 N–H and O–H groups in total. The third-order valence-corrected chi connectivity index (χ3v) is 5.78. The van der Waals surface area contributed by atoms with Crippen LogP contribution in [-0.2, 0) is 0 Å². The molecule has 1 aromatic heterocycles. The molecule has 2 nitrogen and oxygen atoms in total. The van der Waals surface area contributed by atoms with Crippen LogP contribution in [0, 0.1) is 6.92 Å². The van der Waals surface area contributed by atoms with Crippen molar-refractivity contribution in [3.05, 3.63) is 54.6 Å². The van der Waals surface area contributed by atoms with E-state index in [1.807, 2.05) is 37.3 Å². The summed E-state index contributed by atoms with van der Waals surface area (Å²) in [5, 5.41) is 10.6. The van der Waals surface area contributed by atoms with Crippen molar-refractivity contribution in [1.29, 1.82) is 0 Å². The van der Waals surface area contributed by atoms with E-state index in [4.69, 9.17) is 5.73 Å². The van der Waals surface area contributed by atoms with E-state index in [-0.39, 0.29) is 5.92 Å². The van der Waals surface area contributed by atoms with Crippen molar-refractivity contribution >= 4 is 43.2 Å². The smallest absolute Gasteiger partial charge is 0.0962 e. The first kappa shape index (κ1) is 15.2. The highest BCUT2D eigenvalue weighted by atomic mass is 79.9. The Morgan fingerprint density at radius 1 is 1.32 bits per heavy atom. The second-order valence-corrected chi connectivity index (χ2v) is 7.76. The molecule has 2 rings (SSSR count). The van der Waals surface area contributed by atoms with Gasteiger partial charge in [0.2, 0.25) is 0 Å². The van der Waals surface area contributed by atoms with Gasteiger partial charge in [-0.05, 0) is 52.2 Å². The predicted octanol–water partition coefficient (Wildman–Crippen LogP) is 4.36. The standard InChI is InChI=1S/C14H15Br2NOS/c1-8-5-12(19-14(8)16)13(18)11(7-17)9-3-2-4-10(15)6-9/h2-6,11,13,18H,7,17H2,1H3. The van der Waals surface area contributed by atoms with Crippen LogP contribution in [-0.4, -0.2) is 11.7 Å². The molecule has 0 aliphatic carbocycles. The van der Waals surface area contributed by atoms with Crippen LogP contribution < -0.4 is 5.73 Å². The second kappa shape index (κ2) is 6.50. The first-order chi connectivity index (χ1) is 9.02. The third kappa shape index (κ3) is 3.47. The van der Waals surface area contributed by atoms with Crippen LogP contribution in [0.4, 0.5) is 0 Å². The maximum Gasteiger partial charge on any atom is 0.0962 e. The van der Waals surface area contributed by atoms with E-state index in [1.54, 1.807) is 11.3 Å². The Hall–Kier alpha value is -0.200. The lowest BCUT2D eigenvalue weighted by atomic mass is 9.92. The Kier molecular flexibility index (Phi) is 5.20. The summed E-state index contributed by atoms with van der Waals surface area (Å²) in [6, 6.07) is 9.96. The van der Waals surface area contributed by atoms with Crippen LogP contribution in [0.25, 0.3) is 0 Å². The van der Waals surface area contributed by atoms with Gasteiger partial charge in [0.1, 0.15) is 0 Å². The minimum Gasteiger partial charge on any atom is -0.387 e. The van der Waals surface area contributed by atoms with Crippen LogP contribution in [0.15, 0.2) is 38.6 Å². The molecular formula is C14H15Br2NOS. The number of thiophene rings is 1. The molecular weight excluding hydrogens is 390 g/mol. The summed E-state index contributed by atoms with van der Waals surface area (Å²) in [6.07, 6.45) is -0.575. The normalized spacial score (nSPS) is 14.4. The molecule has 0 saturated heterocycles. The number of benzene rings is 1. The minimum absolute atomic E-state index is 0.0950. The van der Waals surface area contributed by atoms with Gasteiger partial charge >= 0.3 is 0 Å². The van der Waals surface area contributed by atoms with Gasteiger partial charge in [-0.2, -0.15) is 0 Å². The number of hydrogen-bond acceptors (Lipinski definition) is 3. The molecule has 2 aromatic rings. The SMILES string of the molecule is Cc1cc(C(O)C(CN)c2cccc(Br)c2)sc1Br.